The highest BCUT2D eigenvalue weighted by Crippen LogP contribution is 2.30. The second-order valence-electron chi connectivity index (χ2n) is 7.04. The third-order valence-electron chi connectivity index (χ3n) is 4.96. The number of nitrogens with zero attached hydrogens (tertiary/aromatic N) is 3. The van der Waals surface area contributed by atoms with Crippen molar-refractivity contribution in [3.63, 3.8) is 0 Å². The molecule has 4 nitrogen and oxygen atoms in total. The van der Waals surface area contributed by atoms with Crippen LogP contribution in [-0.2, 0) is 0 Å². The van der Waals surface area contributed by atoms with Gasteiger partial charge >= 0.3 is 0 Å². The number of para-hydroxylation sites is 1. The summed E-state index contributed by atoms with van der Waals surface area (Å²) in [6.07, 6.45) is 2.52. The zero-order valence-electron chi connectivity index (χ0n) is 15.5. The molecule has 1 aliphatic rings. The van der Waals surface area contributed by atoms with Gasteiger partial charge in [-0.15, -0.1) is 0 Å². The maximum atomic E-state index is 5.55. The van der Waals surface area contributed by atoms with Crippen molar-refractivity contribution in [1.82, 2.24) is 9.97 Å². The molecule has 0 bridgehead atoms. The molecule has 1 aliphatic heterocycles. The summed E-state index contributed by atoms with van der Waals surface area (Å²) < 4.78 is 5.55. The van der Waals surface area contributed by atoms with Gasteiger partial charge in [-0.2, -0.15) is 0 Å². The van der Waals surface area contributed by atoms with Gasteiger partial charge in [-0.25, -0.2) is 9.97 Å². The van der Waals surface area contributed by atoms with Crippen molar-refractivity contribution in [2.75, 3.05) is 24.6 Å². The van der Waals surface area contributed by atoms with Gasteiger partial charge in [0.05, 0.1) is 12.1 Å². The molecule has 0 amide bonds. The third kappa shape index (κ3) is 3.36. The molecule has 4 rings (SSSR count). The largest absolute Gasteiger partial charge is 0.494 e. The van der Waals surface area contributed by atoms with Gasteiger partial charge in [0, 0.05) is 24.0 Å². The molecular weight excluding hydrogens is 322 g/mol. The van der Waals surface area contributed by atoms with Crippen LogP contribution in [0, 0.1) is 5.92 Å². The first-order valence-electron chi connectivity index (χ1n) is 9.49. The number of hydrogen-bond donors (Lipinski definition) is 0. The van der Waals surface area contributed by atoms with Crippen molar-refractivity contribution in [3.05, 3.63) is 48.5 Å². The first-order valence-corrected chi connectivity index (χ1v) is 9.49. The first-order chi connectivity index (χ1) is 12.7. The molecule has 3 aromatic rings. The molecule has 0 aliphatic carbocycles. The van der Waals surface area contributed by atoms with Gasteiger partial charge in [-0.1, -0.05) is 19.1 Å². The van der Waals surface area contributed by atoms with Crippen LogP contribution >= 0.6 is 0 Å². The number of fused-ring (bicyclic) bond motifs is 1. The van der Waals surface area contributed by atoms with E-state index in [-0.39, 0.29) is 0 Å². The van der Waals surface area contributed by atoms with Crippen molar-refractivity contribution in [3.8, 4) is 17.1 Å². The minimum absolute atomic E-state index is 0.670. The van der Waals surface area contributed by atoms with E-state index in [2.05, 4.69) is 30.0 Å². The molecule has 0 N–H and O–H groups in total. The minimum atomic E-state index is 0.670. The highest BCUT2D eigenvalue weighted by molar-refractivity contribution is 5.91. The lowest BCUT2D eigenvalue weighted by Gasteiger charge is -2.32. The fourth-order valence-corrected chi connectivity index (χ4v) is 3.68. The van der Waals surface area contributed by atoms with Gasteiger partial charge in [0.15, 0.2) is 5.82 Å². The number of aromatic nitrogens is 2. The zero-order chi connectivity index (χ0) is 17.9. The third-order valence-corrected chi connectivity index (χ3v) is 4.96. The van der Waals surface area contributed by atoms with Gasteiger partial charge in [0.25, 0.3) is 0 Å². The molecule has 26 heavy (non-hydrogen) atoms. The van der Waals surface area contributed by atoms with Gasteiger partial charge < -0.3 is 9.64 Å². The van der Waals surface area contributed by atoms with Crippen molar-refractivity contribution < 1.29 is 4.74 Å². The number of rotatable bonds is 4. The monoisotopic (exact) mass is 347 g/mol. The van der Waals surface area contributed by atoms with Crippen molar-refractivity contribution >= 4 is 16.7 Å². The zero-order valence-corrected chi connectivity index (χ0v) is 15.5. The van der Waals surface area contributed by atoms with E-state index in [1.807, 2.05) is 37.3 Å². The van der Waals surface area contributed by atoms with E-state index in [0.29, 0.717) is 12.5 Å². The lowest BCUT2D eigenvalue weighted by Crippen LogP contribution is -2.35. The fraction of sp³-hybridized carbons (Fsp3) is 0.364. The van der Waals surface area contributed by atoms with E-state index in [1.54, 1.807) is 0 Å². The van der Waals surface area contributed by atoms with Crippen molar-refractivity contribution in [2.45, 2.75) is 26.7 Å². The summed E-state index contributed by atoms with van der Waals surface area (Å²) in [6, 6.07) is 16.4. The predicted molar refractivity (Wildman–Crippen MR) is 107 cm³/mol. The Kier molecular flexibility index (Phi) is 4.74. The van der Waals surface area contributed by atoms with Gasteiger partial charge in [-0.05, 0) is 62.1 Å². The number of benzene rings is 2. The summed E-state index contributed by atoms with van der Waals surface area (Å²) in [6.45, 7) is 7.11. The predicted octanol–water partition coefficient (Wildman–Crippen LogP) is 4.93. The molecule has 4 heteroatoms. The Morgan fingerprint density at radius 3 is 2.65 bits per heavy atom. The maximum absolute atomic E-state index is 5.55. The molecule has 1 fully saturated rings. The quantitative estimate of drug-likeness (QED) is 0.670. The summed E-state index contributed by atoms with van der Waals surface area (Å²) in [5.41, 5.74) is 2.02. The van der Waals surface area contributed by atoms with Crippen LogP contribution in [0.2, 0.25) is 0 Å². The van der Waals surface area contributed by atoms with Crippen LogP contribution in [0.5, 0.6) is 5.75 Å². The van der Waals surface area contributed by atoms with E-state index in [9.17, 15) is 0 Å². The SMILES string of the molecule is CCOc1ccc(-c2nc(N3CCC[C@@H](C)C3)c3ccccc3n2)cc1. The highest BCUT2D eigenvalue weighted by atomic mass is 16.5. The number of hydrogen-bond acceptors (Lipinski definition) is 4. The molecule has 0 saturated carbocycles. The second kappa shape index (κ2) is 7.32. The van der Waals surface area contributed by atoms with E-state index in [1.165, 1.54) is 12.8 Å². The average molecular weight is 347 g/mol. The molecule has 2 heterocycles. The van der Waals surface area contributed by atoms with Crippen LogP contribution in [-0.4, -0.2) is 29.7 Å². The molecule has 1 aromatic heterocycles. The second-order valence-corrected chi connectivity index (χ2v) is 7.04. The Labute approximate surface area is 154 Å². The summed E-state index contributed by atoms with van der Waals surface area (Å²) in [5.74, 6) is 3.42. The first kappa shape index (κ1) is 16.8. The van der Waals surface area contributed by atoms with Crippen LogP contribution in [0.4, 0.5) is 5.82 Å². The highest BCUT2D eigenvalue weighted by Gasteiger charge is 2.21. The Bertz CT molecular complexity index is 892. The molecule has 134 valence electrons. The molecule has 1 atom stereocenters. The van der Waals surface area contributed by atoms with Crippen molar-refractivity contribution in [2.24, 2.45) is 5.92 Å². The number of ether oxygens (including phenoxy) is 1. The summed E-state index contributed by atoms with van der Waals surface area (Å²) in [4.78, 5) is 12.2. The average Bonchev–Trinajstić information content (AvgIpc) is 2.68. The Balaban J connectivity index is 1.78. The molecule has 1 saturated heterocycles. The lowest BCUT2D eigenvalue weighted by atomic mass is 10.00. The molecular formula is C22H25N3O. The summed E-state index contributed by atoms with van der Waals surface area (Å²) in [5, 5.41) is 1.14. The molecule has 0 spiro atoms. The smallest absolute Gasteiger partial charge is 0.162 e. The van der Waals surface area contributed by atoms with E-state index >= 15 is 0 Å². The maximum Gasteiger partial charge on any atom is 0.162 e. The number of anilines is 1. The molecule has 0 radical (unpaired) electrons. The Morgan fingerprint density at radius 1 is 1.08 bits per heavy atom. The van der Waals surface area contributed by atoms with Crippen LogP contribution in [0.1, 0.15) is 26.7 Å². The summed E-state index contributed by atoms with van der Waals surface area (Å²) >= 11 is 0. The van der Waals surface area contributed by atoms with Gasteiger partial charge in [0.2, 0.25) is 0 Å². The topological polar surface area (TPSA) is 38.2 Å². The van der Waals surface area contributed by atoms with Gasteiger partial charge in [-0.3, -0.25) is 0 Å². The van der Waals surface area contributed by atoms with E-state index in [0.717, 1.165) is 46.9 Å². The van der Waals surface area contributed by atoms with Gasteiger partial charge in [0.1, 0.15) is 11.6 Å². The van der Waals surface area contributed by atoms with Crippen LogP contribution < -0.4 is 9.64 Å². The van der Waals surface area contributed by atoms with Crippen molar-refractivity contribution in [1.29, 1.82) is 0 Å². The summed E-state index contributed by atoms with van der Waals surface area (Å²) in [7, 11) is 0. The Morgan fingerprint density at radius 2 is 1.88 bits per heavy atom. The Hall–Kier alpha value is -2.62. The fourth-order valence-electron chi connectivity index (χ4n) is 3.68. The van der Waals surface area contributed by atoms with Crippen LogP contribution in [0.25, 0.3) is 22.3 Å². The molecule has 0 unspecified atom stereocenters. The normalized spacial score (nSPS) is 17.5. The number of piperidine rings is 1. The molecule has 2 aromatic carbocycles. The van der Waals surface area contributed by atoms with E-state index < -0.39 is 0 Å². The standard InChI is InChI=1S/C22H25N3O/c1-3-26-18-12-10-17(11-13-18)21-23-20-9-5-4-8-19(20)22(24-21)25-14-6-7-16(2)15-25/h4-5,8-13,16H,3,6-7,14-15H2,1-2H3/t16-/m1/s1. The lowest BCUT2D eigenvalue weighted by molar-refractivity contribution is 0.340. The van der Waals surface area contributed by atoms with Crippen LogP contribution in [0.3, 0.4) is 0 Å². The van der Waals surface area contributed by atoms with Crippen LogP contribution in [0.15, 0.2) is 48.5 Å². The minimum Gasteiger partial charge on any atom is -0.494 e. The van der Waals surface area contributed by atoms with E-state index in [4.69, 9.17) is 14.7 Å².